The Bertz CT molecular complexity index is 634. The highest BCUT2D eigenvalue weighted by Crippen LogP contribution is 2.22. The predicted molar refractivity (Wildman–Crippen MR) is 73.4 cm³/mol. The number of aromatic nitrogens is 1. The lowest BCUT2D eigenvalue weighted by Gasteiger charge is -2.18. The van der Waals surface area contributed by atoms with Gasteiger partial charge in [-0.15, -0.1) is 0 Å². The van der Waals surface area contributed by atoms with Crippen LogP contribution >= 0.6 is 23.2 Å². The van der Waals surface area contributed by atoms with E-state index in [1.54, 1.807) is 6.07 Å². The molecule has 6 heteroatoms. The number of pyridine rings is 1. The Labute approximate surface area is 119 Å². The minimum atomic E-state index is -0.420. The van der Waals surface area contributed by atoms with Crippen molar-refractivity contribution in [2.24, 2.45) is 0 Å². The molecule has 0 aliphatic rings. The van der Waals surface area contributed by atoms with E-state index in [2.05, 4.69) is 4.98 Å². The van der Waals surface area contributed by atoms with Crippen molar-refractivity contribution in [1.29, 1.82) is 0 Å². The second kappa shape index (κ2) is 5.55. The zero-order valence-electron chi connectivity index (χ0n) is 9.90. The highest BCUT2D eigenvalue weighted by molar-refractivity contribution is 6.35. The lowest BCUT2D eigenvalue weighted by atomic mass is 10.2. The lowest BCUT2D eigenvalue weighted by molar-refractivity contribution is 0.0993. The first-order valence-corrected chi connectivity index (χ1v) is 6.09. The molecule has 0 unspecified atom stereocenters. The molecule has 0 bridgehead atoms. The Morgan fingerprint density at radius 1 is 1.32 bits per heavy atom. The molecule has 0 aliphatic heterocycles. The average molecular weight is 299 g/mol. The third kappa shape index (κ3) is 3.03. The van der Waals surface area contributed by atoms with E-state index in [0.29, 0.717) is 5.69 Å². The predicted octanol–water partition coefficient (Wildman–Crippen LogP) is 3.80. The Hall–Kier alpha value is -1.65. The normalized spacial score (nSPS) is 10.3. The highest BCUT2D eigenvalue weighted by Gasteiger charge is 2.17. The Balaban J connectivity index is 2.36. The van der Waals surface area contributed by atoms with E-state index in [1.807, 2.05) is 0 Å². The maximum absolute atomic E-state index is 13.1. The fourth-order valence-electron chi connectivity index (χ4n) is 1.56. The summed E-state index contributed by atoms with van der Waals surface area (Å²) in [6, 6.07) is 7.09. The van der Waals surface area contributed by atoms with Gasteiger partial charge in [0.15, 0.2) is 0 Å². The largest absolute Gasteiger partial charge is 0.311 e. The van der Waals surface area contributed by atoms with Crippen LogP contribution in [0.5, 0.6) is 0 Å². The second-order valence-corrected chi connectivity index (χ2v) is 4.63. The molecule has 0 fully saturated rings. The molecule has 0 saturated carbocycles. The topological polar surface area (TPSA) is 33.2 Å². The fourth-order valence-corrected chi connectivity index (χ4v) is 1.90. The van der Waals surface area contributed by atoms with Crippen molar-refractivity contribution < 1.29 is 9.18 Å². The molecular formula is C13H9Cl2FN2O. The van der Waals surface area contributed by atoms with Gasteiger partial charge in [0.2, 0.25) is 0 Å². The second-order valence-electron chi connectivity index (χ2n) is 3.83. The van der Waals surface area contributed by atoms with Crippen molar-refractivity contribution in [3.05, 3.63) is 58.1 Å². The van der Waals surface area contributed by atoms with Crippen LogP contribution in [0, 0.1) is 5.82 Å². The van der Waals surface area contributed by atoms with Gasteiger partial charge in [-0.1, -0.05) is 29.3 Å². The van der Waals surface area contributed by atoms with Crippen molar-refractivity contribution in [2.45, 2.75) is 0 Å². The molecule has 2 aromatic rings. The Kier molecular flexibility index (Phi) is 4.02. The van der Waals surface area contributed by atoms with E-state index in [0.717, 1.165) is 0 Å². The number of carbonyl (C=O) groups excluding carboxylic acids is 1. The smallest absolute Gasteiger partial charge is 0.259 e. The molecule has 0 atom stereocenters. The third-order valence-electron chi connectivity index (χ3n) is 2.55. The molecular weight excluding hydrogens is 290 g/mol. The van der Waals surface area contributed by atoms with Gasteiger partial charge in [-0.25, -0.2) is 9.37 Å². The summed E-state index contributed by atoms with van der Waals surface area (Å²) in [6.45, 7) is 0. The molecule has 98 valence electrons. The first-order chi connectivity index (χ1) is 8.99. The van der Waals surface area contributed by atoms with Gasteiger partial charge in [0.1, 0.15) is 11.0 Å². The molecule has 1 aromatic heterocycles. The number of rotatable bonds is 2. The zero-order chi connectivity index (χ0) is 14.0. The van der Waals surface area contributed by atoms with Gasteiger partial charge in [-0.2, -0.15) is 0 Å². The van der Waals surface area contributed by atoms with E-state index in [-0.39, 0.29) is 21.6 Å². The van der Waals surface area contributed by atoms with Gasteiger partial charge in [0.05, 0.1) is 10.6 Å². The molecule has 1 heterocycles. The fraction of sp³-hybridized carbons (Fsp3) is 0.0769. The minimum Gasteiger partial charge on any atom is -0.311 e. The maximum atomic E-state index is 13.1. The summed E-state index contributed by atoms with van der Waals surface area (Å²) in [5.74, 6) is -0.809. The van der Waals surface area contributed by atoms with Crippen LogP contribution < -0.4 is 4.90 Å². The summed E-state index contributed by atoms with van der Waals surface area (Å²) in [5.41, 5.74) is 0.641. The van der Waals surface area contributed by atoms with Gasteiger partial charge >= 0.3 is 0 Å². The summed E-state index contributed by atoms with van der Waals surface area (Å²) in [7, 11) is 1.53. The number of amides is 1. The number of hydrogen-bond donors (Lipinski definition) is 0. The van der Waals surface area contributed by atoms with Crippen LogP contribution in [0.1, 0.15) is 10.4 Å². The molecule has 0 spiro atoms. The average Bonchev–Trinajstić information content (AvgIpc) is 2.40. The summed E-state index contributed by atoms with van der Waals surface area (Å²) < 4.78 is 13.1. The summed E-state index contributed by atoms with van der Waals surface area (Å²) in [5, 5.41) is 0.359. The van der Waals surface area contributed by atoms with Crippen molar-refractivity contribution in [1.82, 2.24) is 4.98 Å². The SMILES string of the molecule is CN(C(=O)c1cc(Cl)ncc1Cl)c1cccc(F)c1. The van der Waals surface area contributed by atoms with E-state index in [9.17, 15) is 9.18 Å². The minimum absolute atomic E-state index is 0.167. The van der Waals surface area contributed by atoms with Crippen LogP contribution in [-0.2, 0) is 0 Å². The van der Waals surface area contributed by atoms with E-state index >= 15 is 0 Å². The number of halogens is 3. The lowest BCUT2D eigenvalue weighted by Crippen LogP contribution is -2.26. The van der Waals surface area contributed by atoms with Crippen LogP contribution in [0.4, 0.5) is 10.1 Å². The Morgan fingerprint density at radius 3 is 2.74 bits per heavy atom. The zero-order valence-corrected chi connectivity index (χ0v) is 11.4. The molecule has 0 radical (unpaired) electrons. The molecule has 1 amide bonds. The summed E-state index contributed by atoms with van der Waals surface area (Å²) in [6.07, 6.45) is 1.30. The van der Waals surface area contributed by atoms with Crippen LogP contribution in [0.3, 0.4) is 0 Å². The molecule has 19 heavy (non-hydrogen) atoms. The number of anilines is 1. The van der Waals surface area contributed by atoms with Gasteiger partial charge in [-0.05, 0) is 24.3 Å². The Morgan fingerprint density at radius 2 is 2.05 bits per heavy atom. The number of benzene rings is 1. The molecule has 0 saturated heterocycles. The first-order valence-electron chi connectivity index (χ1n) is 5.33. The van der Waals surface area contributed by atoms with Gasteiger partial charge in [-0.3, -0.25) is 4.79 Å². The third-order valence-corrected chi connectivity index (χ3v) is 3.06. The van der Waals surface area contributed by atoms with Crippen molar-refractivity contribution in [2.75, 3.05) is 11.9 Å². The molecule has 0 aliphatic carbocycles. The summed E-state index contributed by atoms with van der Waals surface area (Å²) in [4.78, 5) is 17.3. The van der Waals surface area contributed by atoms with E-state index < -0.39 is 5.82 Å². The quantitative estimate of drug-likeness (QED) is 0.790. The van der Waals surface area contributed by atoms with Gasteiger partial charge in [0.25, 0.3) is 5.91 Å². The molecule has 1 aromatic carbocycles. The van der Waals surface area contributed by atoms with Gasteiger partial charge < -0.3 is 4.90 Å². The van der Waals surface area contributed by atoms with Crippen LogP contribution in [0.25, 0.3) is 0 Å². The maximum Gasteiger partial charge on any atom is 0.259 e. The molecule has 2 rings (SSSR count). The highest BCUT2D eigenvalue weighted by atomic mass is 35.5. The molecule has 3 nitrogen and oxygen atoms in total. The van der Waals surface area contributed by atoms with Crippen molar-refractivity contribution >= 4 is 34.8 Å². The monoisotopic (exact) mass is 298 g/mol. The number of carbonyl (C=O) groups is 1. The first kappa shape index (κ1) is 13.8. The van der Waals surface area contributed by atoms with Crippen LogP contribution in [0.15, 0.2) is 36.5 Å². The van der Waals surface area contributed by atoms with E-state index in [1.165, 1.54) is 42.4 Å². The van der Waals surface area contributed by atoms with E-state index in [4.69, 9.17) is 23.2 Å². The van der Waals surface area contributed by atoms with Crippen molar-refractivity contribution in [3.8, 4) is 0 Å². The van der Waals surface area contributed by atoms with Crippen molar-refractivity contribution in [3.63, 3.8) is 0 Å². The number of hydrogen-bond acceptors (Lipinski definition) is 2. The van der Waals surface area contributed by atoms with Gasteiger partial charge in [0, 0.05) is 18.9 Å². The van der Waals surface area contributed by atoms with Crippen LogP contribution in [-0.4, -0.2) is 17.9 Å². The standard InChI is InChI=1S/C13H9Cl2FN2O/c1-18(9-4-2-3-8(16)5-9)13(19)10-6-12(15)17-7-11(10)14/h2-7H,1H3. The molecule has 0 N–H and O–H groups in total. The summed E-state index contributed by atoms with van der Waals surface area (Å²) >= 11 is 11.6. The number of nitrogens with zero attached hydrogens (tertiary/aromatic N) is 2. The van der Waals surface area contributed by atoms with Crippen LogP contribution in [0.2, 0.25) is 10.2 Å².